The Balaban J connectivity index is 1.85. The molecule has 1 amide bonds. The molecular weight excluding hydrogens is 194 g/mol. The van der Waals surface area contributed by atoms with Crippen LogP contribution in [0.15, 0.2) is 30.3 Å². The van der Waals surface area contributed by atoms with Crippen LogP contribution in [0.5, 0.6) is 0 Å². The summed E-state index contributed by atoms with van der Waals surface area (Å²) in [5, 5.41) is 0. The van der Waals surface area contributed by atoms with Crippen molar-refractivity contribution in [1.82, 2.24) is 4.31 Å². The van der Waals surface area contributed by atoms with Crippen LogP contribution in [0.4, 0.5) is 0 Å². The van der Waals surface area contributed by atoms with E-state index in [1.54, 1.807) is 11.9 Å². The lowest BCUT2D eigenvalue weighted by molar-refractivity contribution is -0.123. The number of rotatable bonds is 3. The van der Waals surface area contributed by atoms with Crippen LogP contribution in [0, 0.1) is 0 Å². The Bertz CT molecular complexity index is 312. The lowest BCUT2D eigenvalue weighted by atomic mass is 10.2. The minimum absolute atomic E-state index is 0.283. The number of amides is 1. The zero-order chi connectivity index (χ0) is 9.80. The van der Waals surface area contributed by atoms with Gasteiger partial charge in [0.1, 0.15) is 0 Å². The van der Waals surface area contributed by atoms with Gasteiger partial charge in [0.15, 0.2) is 0 Å². The molecule has 2 rings (SSSR count). The van der Waals surface area contributed by atoms with E-state index in [4.69, 9.17) is 0 Å². The molecule has 1 saturated heterocycles. The molecule has 1 aromatic rings. The average molecular weight is 207 g/mol. The lowest BCUT2D eigenvalue weighted by Crippen LogP contribution is -2.16. The van der Waals surface area contributed by atoms with Gasteiger partial charge >= 0.3 is 0 Å². The van der Waals surface area contributed by atoms with E-state index >= 15 is 0 Å². The summed E-state index contributed by atoms with van der Waals surface area (Å²) in [4.78, 5) is 11.3. The molecule has 14 heavy (non-hydrogen) atoms. The molecule has 0 saturated carbocycles. The van der Waals surface area contributed by atoms with Gasteiger partial charge in [-0.15, -0.1) is 0 Å². The van der Waals surface area contributed by atoms with E-state index in [-0.39, 0.29) is 5.91 Å². The van der Waals surface area contributed by atoms with E-state index in [1.165, 1.54) is 5.56 Å². The number of nitrogens with zero attached hydrogens (tertiary/aromatic N) is 1. The largest absolute Gasteiger partial charge is 0.286 e. The van der Waals surface area contributed by atoms with Crippen molar-refractivity contribution in [2.24, 2.45) is 0 Å². The van der Waals surface area contributed by atoms with Gasteiger partial charge in [0, 0.05) is 18.7 Å². The van der Waals surface area contributed by atoms with Gasteiger partial charge in [-0.05, 0) is 23.9 Å². The summed E-state index contributed by atoms with van der Waals surface area (Å²) in [6.45, 7) is 0.913. The first-order valence-electron chi connectivity index (χ1n) is 4.83. The summed E-state index contributed by atoms with van der Waals surface area (Å²) in [5.41, 5.74) is 1.28. The number of hydrogen-bond acceptors (Lipinski definition) is 2. The normalized spacial score (nSPS) is 16.3. The van der Waals surface area contributed by atoms with E-state index in [0.717, 1.165) is 25.1 Å². The van der Waals surface area contributed by atoms with Gasteiger partial charge in [0.05, 0.1) is 0 Å². The second-order valence-electron chi connectivity index (χ2n) is 3.36. The summed E-state index contributed by atoms with van der Waals surface area (Å²) in [5.74, 6) is 1.18. The molecule has 0 spiro atoms. The van der Waals surface area contributed by atoms with Gasteiger partial charge in [-0.2, -0.15) is 0 Å². The molecule has 0 atom stereocenters. The third kappa shape index (κ3) is 2.29. The summed E-state index contributed by atoms with van der Waals surface area (Å²) in [6, 6.07) is 10.2. The highest BCUT2D eigenvalue weighted by Gasteiger charge is 2.20. The number of carbonyl (C=O) groups is 1. The molecule has 2 nitrogen and oxygen atoms in total. The van der Waals surface area contributed by atoms with Gasteiger partial charge in [0.25, 0.3) is 0 Å². The summed E-state index contributed by atoms with van der Waals surface area (Å²) < 4.78 is 1.88. The van der Waals surface area contributed by atoms with Crippen LogP contribution < -0.4 is 0 Å². The third-order valence-corrected chi connectivity index (χ3v) is 3.42. The second-order valence-corrected chi connectivity index (χ2v) is 4.35. The van der Waals surface area contributed by atoms with Crippen molar-refractivity contribution < 1.29 is 4.79 Å². The summed E-state index contributed by atoms with van der Waals surface area (Å²) in [7, 11) is 0. The number of carbonyl (C=O) groups excluding carboxylic acids is 1. The zero-order valence-corrected chi connectivity index (χ0v) is 8.80. The first kappa shape index (κ1) is 9.59. The maximum absolute atomic E-state index is 11.3. The molecule has 0 radical (unpaired) electrons. The summed E-state index contributed by atoms with van der Waals surface area (Å²) in [6.07, 6.45) is 1.74. The number of benzene rings is 1. The first-order valence-corrected chi connectivity index (χ1v) is 5.78. The van der Waals surface area contributed by atoms with Crippen molar-refractivity contribution in [2.75, 3.05) is 6.54 Å². The van der Waals surface area contributed by atoms with Crippen LogP contribution in [-0.2, 0) is 10.5 Å². The minimum atomic E-state index is 0.283. The van der Waals surface area contributed by atoms with E-state index in [0.29, 0.717) is 0 Å². The van der Waals surface area contributed by atoms with Crippen LogP contribution in [0.3, 0.4) is 0 Å². The number of hydrogen-bond donors (Lipinski definition) is 0. The fraction of sp³-hybridized carbons (Fsp3) is 0.364. The Labute approximate surface area is 88.4 Å². The van der Waals surface area contributed by atoms with Crippen molar-refractivity contribution in [2.45, 2.75) is 18.6 Å². The molecule has 3 heteroatoms. The van der Waals surface area contributed by atoms with Gasteiger partial charge in [0.2, 0.25) is 5.91 Å². The van der Waals surface area contributed by atoms with Gasteiger partial charge in [-0.3, -0.25) is 9.10 Å². The SMILES string of the molecule is O=C1CCCN1SCc1ccccc1. The molecule has 0 aliphatic carbocycles. The fourth-order valence-electron chi connectivity index (χ4n) is 1.49. The molecule has 1 aromatic carbocycles. The van der Waals surface area contributed by atoms with E-state index < -0.39 is 0 Å². The molecular formula is C11H13NOS. The molecule has 0 N–H and O–H groups in total. The highest BCUT2D eigenvalue weighted by Crippen LogP contribution is 2.23. The van der Waals surface area contributed by atoms with E-state index in [2.05, 4.69) is 12.1 Å². The van der Waals surface area contributed by atoms with Crippen molar-refractivity contribution in [1.29, 1.82) is 0 Å². The van der Waals surface area contributed by atoms with Crippen molar-refractivity contribution in [3.63, 3.8) is 0 Å². The Kier molecular flexibility index (Phi) is 3.09. The minimum Gasteiger partial charge on any atom is -0.286 e. The first-order chi connectivity index (χ1) is 6.86. The molecule has 1 aliphatic rings. The van der Waals surface area contributed by atoms with Crippen LogP contribution in [0.25, 0.3) is 0 Å². The van der Waals surface area contributed by atoms with Gasteiger partial charge < -0.3 is 0 Å². The monoisotopic (exact) mass is 207 g/mol. The van der Waals surface area contributed by atoms with E-state index in [9.17, 15) is 4.79 Å². The Morgan fingerprint density at radius 2 is 2.07 bits per heavy atom. The molecule has 1 fully saturated rings. The highest BCUT2D eigenvalue weighted by molar-refractivity contribution is 7.96. The molecule has 1 aliphatic heterocycles. The van der Waals surface area contributed by atoms with Crippen molar-refractivity contribution in [3.8, 4) is 0 Å². The smallest absolute Gasteiger partial charge is 0.232 e. The molecule has 0 bridgehead atoms. The standard InChI is InChI=1S/C11H13NOS/c13-11-7-4-8-12(11)14-9-10-5-2-1-3-6-10/h1-3,5-6H,4,7-9H2. The lowest BCUT2D eigenvalue weighted by Gasteiger charge is -2.13. The van der Waals surface area contributed by atoms with Gasteiger partial charge in [-0.1, -0.05) is 30.3 Å². The van der Waals surface area contributed by atoms with E-state index in [1.807, 2.05) is 22.5 Å². The Morgan fingerprint density at radius 1 is 1.29 bits per heavy atom. The third-order valence-electron chi connectivity index (χ3n) is 2.26. The van der Waals surface area contributed by atoms with Crippen LogP contribution in [-0.4, -0.2) is 16.8 Å². The predicted octanol–water partition coefficient (Wildman–Crippen LogP) is 2.46. The molecule has 74 valence electrons. The molecule has 0 aromatic heterocycles. The highest BCUT2D eigenvalue weighted by atomic mass is 32.2. The van der Waals surface area contributed by atoms with Gasteiger partial charge in [-0.25, -0.2) is 0 Å². The molecule has 1 heterocycles. The Morgan fingerprint density at radius 3 is 2.71 bits per heavy atom. The van der Waals surface area contributed by atoms with Crippen LogP contribution >= 0.6 is 11.9 Å². The quantitative estimate of drug-likeness (QED) is 0.710. The zero-order valence-electron chi connectivity index (χ0n) is 7.98. The fourth-order valence-corrected chi connectivity index (χ4v) is 2.48. The van der Waals surface area contributed by atoms with Crippen molar-refractivity contribution in [3.05, 3.63) is 35.9 Å². The molecule has 0 unspecified atom stereocenters. The van der Waals surface area contributed by atoms with Crippen molar-refractivity contribution >= 4 is 17.9 Å². The topological polar surface area (TPSA) is 20.3 Å². The maximum Gasteiger partial charge on any atom is 0.232 e. The van der Waals surface area contributed by atoms with Crippen LogP contribution in [0.1, 0.15) is 18.4 Å². The average Bonchev–Trinajstić information content (AvgIpc) is 2.63. The Hall–Kier alpha value is -0.960. The predicted molar refractivity (Wildman–Crippen MR) is 58.7 cm³/mol. The summed E-state index contributed by atoms with van der Waals surface area (Å²) >= 11 is 1.63. The van der Waals surface area contributed by atoms with Crippen LogP contribution in [0.2, 0.25) is 0 Å². The second kappa shape index (κ2) is 4.51. The maximum atomic E-state index is 11.3.